The van der Waals surface area contributed by atoms with Crippen LogP contribution in [0.4, 0.5) is 0 Å². The van der Waals surface area contributed by atoms with Gasteiger partial charge in [0.25, 0.3) is 0 Å². The lowest BCUT2D eigenvalue weighted by molar-refractivity contribution is 0.317. The van der Waals surface area contributed by atoms with E-state index in [1.54, 1.807) is 0 Å². The highest BCUT2D eigenvalue weighted by Gasteiger charge is 2.24. The maximum atomic E-state index is 11.2. The third-order valence-electron chi connectivity index (χ3n) is 4.66. The summed E-state index contributed by atoms with van der Waals surface area (Å²) in [5.74, 6) is 0.403. The van der Waals surface area contributed by atoms with Crippen molar-refractivity contribution < 1.29 is 8.42 Å². The summed E-state index contributed by atoms with van der Waals surface area (Å²) in [6.45, 7) is 5.62. The van der Waals surface area contributed by atoms with Crippen LogP contribution in [-0.2, 0) is 16.6 Å². The average Bonchev–Trinajstić information content (AvgIpc) is 2.95. The van der Waals surface area contributed by atoms with Crippen molar-refractivity contribution in [2.75, 3.05) is 25.9 Å². The fourth-order valence-electron chi connectivity index (χ4n) is 3.37. The van der Waals surface area contributed by atoms with E-state index in [1.165, 1.54) is 28.2 Å². The molecular formula is C18H24N2O2S. The molecule has 23 heavy (non-hydrogen) atoms. The molecule has 0 bridgehead atoms. The number of aryl methyl sites for hydroxylation is 1. The first kappa shape index (κ1) is 16.4. The summed E-state index contributed by atoms with van der Waals surface area (Å²) < 4.78 is 25.1. The maximum Gasteiger partial charge on any atom is 0.208 e. The third-order valence-corrected chi connectivity index (χ3v) is 5.35. The minimum atomic E-state index is -3.09. The van der Waals surface area contributed by atoms with Gasteiger partial charge in [-0.15, -0.1) is 0 Å². The molecule has 1 fully saturated rings. The SMILES string of the molecule is Cc1ccc2ccccc2c1CN1CC[C@H](CNS(C)(=O)=O)C1. The maximum absolute atomic E-state index is 11.2. The van der Waals surface area contributed by atoms with Gasteiger partial charge in [-0.05, 0) is 47.7 Å². The first-order chi connectivity index (χ1) is 10.9. The lowest BCUT2D eigenvalue weighted by Crippen LogP contribution is -2.30. The summed E-state index contributed by atoms with van der Waals surface area (Å²) in [7, 11) is -3.09. The third kappa shape index (κ3) is 4.10. The number of sulfonamides is 1. The number of hydrogen-bond acceptors (Lipinski definition) is 3. The van der Waals surface area contributed by atoms with Gasteiger partial charge in [0, 0.05) is 19.6 Å². The Balaban J connectivity index is 1.70. The number of nitrogens with one attached hydrogen (secondary N) is 1. The van der Waals surface area contributed by atoms with Gasteiger partial charge in [-0.3, -0.25) is 4.90 Å². The van der Waals surface area contributed by atoms with Crippen molar-refractivity contribution in [3.05, 3.63) is 47.5 Å². The van der Waals surface area contributed by atoms with E-state index in [0.717, 1.165) is 26.1 Å². The van der Waals surface area contributed by atoms with Crippen molar-refractivity contribution in [1.29, 1.82) is 0 Å². The van der Waals surface area contributed by atoms with Crippen LogP contribution >= 0.6 is 0 Å². The molecule has 1 N–H and O–H groups in total. The number of likely N-dealkylation sites (tertiary alicyclic amines) is 1. The monoisotopic (exact) mass is 332 g/mol. The molecule has 2 aromatic rings. The molecule has 0 aliphatic carbocycles. The van der Waals surface area contributed by atoms with E-state index < -0.39 is 10.0 Å². The summed E-state index contributed by atoms with van der Waals surface area (Å²) in [5.41, 5.74) is 2.71. The molecule has 3 rings (SSSR count). The van der Waals surface area contributed by atoms with Crippen LogP contribution in [0.25, 0.3) is 10.8 Å². The van der Waals surface area contributed by atoms with Gasteiger partial charge in [0.2, 0.25) is 10.0 Å². The minimum Gasteiger partial charge on any atom is -0.299 e. The van der Waals surface area contributed by atoms with Crippen LogP contribution in [-0.4, -0.2) is 39.2 Å². The molecular weight excluding hydrogens is 308 g/mol. The predicted molar refractivity (Wildman–Crippen MR) is 94.9 cm³/mol. The van der Waals surface area contributed by atoms with Gasteiger partial charge < -0.3 is 0 Å². The van der Waals surface area contributed by atoms with Gasteiger partial charge >= 0.3 is 0 Å². The van der Waals surface area contributed by atoms with Gasteiger partial charge in [0.15, 0.2) is 0 Å². The Kier molecular flexibility index (Phi) is 4.71. The number of rotatable bonds is 5. The molecule has 4 nitrogen and oxygen atoms in total. The Hall–Kier alpha value is -1.43. The Morgan fingerprint density at radius 3 is 2.78 bits per heavy atom. The highest BCUT2D eigenvalue weighted by atomic mass is 32.2. The molecule has 1 heterocycles. The van der Waals surface area contributed by atoms with Gasteiger partial charge in [-0.25, -0.2) is 13.1 Å². The zero-order valence-corrected chi connectivity index (χ0v) is 14.6. The molecule has 5 heteroatoms. The summed E-state index contributed by atoms with van der Waals surface area (Å²) in [6, 6.07) is 12.9. The van der Waals surface area contributed by atoms with Crippen molar-refractivity contribution in [2.24, 2.45) is 5.92 Å². The molecule has 0 aromatic heterocycles. The topological polar surface area (TPSA) is 49.4 Å². The van der Waals surface area contributed by atoms with Crippen molar-refractivity contribution in [3.63, 3.8) is 0 Å². The van der Waals surface area contributed by atoms with Crippen LogP contribution in [0.3, 0.4) is 0 Å². The van der Waals surface area contributed by atoms with Crippen molar-refractivity contribution in [2.45, 2.75) is 19.9 Å². The van der Waals surface area contributed by atoms with E-state index >= 15 is 0 Å². The molecule has 0 spiro atoms. The summed E-state index contributed by atoms with van der Waals surface area (Å²) in [5, 5.41) is 2.60. The zero-order chi connectivity index (χ0) is 16.4. The molecule has 2 aromatic carbocycles. The quantitative estimate of drug-likeness (QED) is 0.915. The van der Waals surface area contributed by atoms with Crippen LogP contribution in [0.2, 0.25) is 0 Å². The van der Waals surface area contributed by atoms with Crippen molar-refractivity contribution in [1.82, 2.24) is 9.62 Å². The largest absolute Gasteiger partial charge is 0.299 e. The van der Waals surface area contributed by atoms with Crippen molar-refractivity contribution >= 4 is 20.8 Å². The highest BCUT2D eigenvalue weighted by Crippen LogP contribution is 2.26. The number of hydrogen-bond donors (Lipinski definition) is 1. The smallest absolute Gasteiger partial charge is 0.208 e. The van der Waals surface area contributed by atoms with E-state index in [9.17, 15) is 8.42 Å². The van der Waals surface area contributed by atoms with E-state index in [1.807, 2.05) is 0 Å². The summed E-state index contributed by atoms with van der Waals surface area (Å²) >= 11 is 0. The Morgan fingerprint density at radius 1 is 1.22 bits per heavy atom. The number of benzene rings is 2. The Labute approximate surface area is 138 Å². The Bertz CT molecular complexity index is 802. The van der Waals surface area contributed by atoms with E-state index in [0.29, 0.717) is 12.5 Å². The van der Waals surface area contributed by atoms with Crippen LogP contribution in [0, 0.1) is 12.8 Å². The molecule has 124 valence electrons. The van der Waals surface area contributed by atoms with E-state index in [-0.39, 0.29) is 0 Å². The fourth-order valence-corrected chi connectivity index (χ4v) is 3.91. The first-order valence-electron chi connectivity index (χ1n) is 8.06. The first-order valence-corrected chi connectivity index (χ1v) is 9.96. The predicted octanol–water partition coefficient (Wildman–Crippen LogP) is 2.52. The average molecular weight is 332 g/mol. The second kappa shape index (κ2) is 6.59. The van der Waals surface area contributed by atoms with E-state index in [2.05, 4.69) is 52.9 Å². The van der Waals surface area contributed by atoms with E-state index in [4.69, 9.17) is 0 Å². The van der Waals surface area contributed by atoms with Gasteiger partial charge in [-0.1, -0.05) is 36.4 Å². The van der Waals surface area contributed by atoms with Gasteiger partial charge in [0.1, 0.15) is 0 Å². The van der Waals surface area contributed by atoms with Gasteiger partial charge in [-0.2, -0.15) is 0 Å². The minimum absolute atomic E-state index is 0.403. The lowest BCUT2D eigenvalue weighted by atomic mass is 9.99. The summed E-state index contributed by atoms with van der Waals surface area (Å²) in [6.07, 6.45) is 2.27. The molecule has 0 saturated carbocycles. The molecule has 0 radical (unpaired) electrons. The van der Waals surface area contributed by atoms with Crippen LogP contribution < -0.4 is 4.72 Å². The van der Waals surface area contributed by atoms with Crippen molar-refractivity contribution in [3.8, 4) is 0 Å². The van der Waals surface area contributed by atoms with Crippen LogP contribution in [0.1, 0.15) is 17.5 Å². The molecule has 1 aliphatic rings. The molecule has 1 saturated heterocycles. The Morgan fingerprint density at radius 2 is 2.00 bits per heavy atom. The fraction of sp³-hybridized carbons (Fsp3) is 0.444. The zero-order valence-electron chi connectivity index (χ0n) is 13.7. The molecule has 1 aliphatic heterocycles. The second-order valence-electron chi connectivity index (χ2n) is 6.59. The van der Waals surface area contributed by atoms with Crippen LogP contribution in [0.15, 0.2) is 36.4 Å². The standard InChI is InChI=1S/C18H24N2O2S/c1-14-7-8-16-5-3-4-6-17(16)18(14)13-20-10-9-15(12-20)11-19-23(2,21)22/h3-8,15,19H,9-13H2,1-2H3/t15-/m1/s1. The molecule has 0 amide bonds. The number of fused-ring (bicyclic) bond motifs is 1. The normalized spacial score (nSPS) is 19.5. The highest BCUT2D eigenvalue weighted by molar-refractivity contribution is 7.88. The second-order valence-corrected chi connectivity index (χ2v) is 8.43. The summed E-state index contributed by atoms with van der Waals surface area (Å²) in [4.78, 5) is 2.43. The lowest BCUT2D eigenvalue weighted by Gasteiger charge is -2.19. The van der Waals surface area contributed by atoms with Gasteiger partial charge in [0.05, 0.1) is 6.26 Å². The number of nitrogens with zero attached hydrogens (tertiary/aromatic N) is 1. The molecule has 0 unspecified atom stereocenters. The van der Waals surface area contributed by atoms with Crippen LogP contribution in [0.5, 0.6) is 0 Å². The molecule has 1 atom stereocenters.